The molecule has 0 radical (unpaired) electrons. The minimum Gasteiger partial charge on any atom is -0.376 e. The summed E-state index contributed by atoms with van der Waals surface area (Å²) in [5.74, 6) is -0.000511. The number of nitrogens with zero attached hydrogens (tertiary/aromatic N) is 4. The van der Waals surface area contributed by atoms with Crippen LogP contribution in [0.1, 0.15) is 34.9 Å². The number of hydrogen-bond acceptors (Lipinski definition) is 5. The molecule has 7 heteroatoms. The summed E-state index contributed by atoms with van der Waals surface area (Å²) >= 11 is 0. The molecule has 2 aliphatic rings. The quantitative estimate of drug-likeness (QED) is 0.477. The van der Waals surface area contributed by atoms with Crippen LogP contribution in [0.4, 0.5) is 5.69 Å². The van der Waals surface area contributed by atoms with Crippen LogP contribution in [-0.4, -0.2) is 44.8 Å². The van der Waals surface area contributed by atoms with Gasteiger partial charge in [0.2, 0.25) is 0 Å². The number of hydrogen-bond donors (Lipinski definition) is 1. The number of rotatable bonds is 5. The van der Waals surface area contributed by atoms with Crippen molar-refractivity contribution >= 4 is 11.6 Å². The molecule has 0 aliphatic carbocycles. The van der Waals surface area contributed by atoms with E-state index >= 15 is 0 Å². The van der Waals surface area contributed by atoms with Crippen LogP contribution in [0.15, 0.2) is 85.3 Å². The van der Waals surface area contributed by atoms with E-state index in [0.717, 1.165) is 47.6 Å². The number of benzene rings is 2. The van der Waals surface area contributed by atoms with Gasteiger partial charge in [-0.2, -0.15) is 5.10 Å². The number of carbonyl (C=O) groups is 1. The third kappa shape index (κ3) is 3.74. The molecule has 2 aromatic heterocycles. The van der Waals surface area contributed by atoms with Gasteiger partial charge in [0.05, 0.1) is 17.4 Å². The van der Waals surface area contributed by atoms with Gasteiger partial charge in [-0.1, -0.05) is 30.3 Å². The number of fused-ring (bicyclic) bond motifs is 1. The molecule has 0 bridgehead atoms. The zero-order valence-electron chi connectivity index (χ0n) is 18.7. The van der Waals surface area contributed by atoms with Crippen LogP contribution >= 0.6 is 0 Å². The van der Waals surface area contributed by atoms with E-state index in [1.165, 1.54) is 0 Å². The predicted molar refractivity (Wildman–Crippen MR) is 130 cm³/mol. The highest BCUT2D eigenvalue weighted by molar-refractivity contribution is 6.02. The fourth-order valence-electron chi connectivity index (χ4n) is 4.76. The molecular formula is C27H25N5O2. The van der Waals surface area contributed by atoms with Crippen LogP contribution in [0.2, 0.25) is 0 Å². The lowest BCUT2D eigenvalue weighted by atomic mass is 10.0. The molecule has 1 N–H and O–H groups in total. The lowest BCUT2D eigenvalue weighted by molar-refractivity contribution is 0.0427. The van der Waals surface area contributed by atoms with Gasteiger partial charge in [0, 0.05) is 48.6 Å². The highest BCUT2D eigenvalue weighted by Crippen LogP contribution is 2.38. The Morgan fingerprint density at radius 2 is 1.88 bits per heavy atom. The van der Waals surface area contributed by atoms with E-state index in [2.05, 4.69) is 10.3 Å². The molecule has 1 saturated heterocycles. The van der Waals surface area contributed by atoms with E-state index in [-0.39, 0.29) is 18.2 Å². The van der Waals surface area contributed by atoms with Gasteiger partial charge in [-0.25, -0.2) is 4.68 Å². The maximum Gasteiger partial charge on any atom is 0.257 e. The summed E-state index contributed by atoms with van der Waals surface area (Å²) in [5, 5.41) is 8.56. The van der Waals surface area contributed by atoms with Gasteiger partial charge < -0.3 is 15.0 Å². The first-order valence-electron chi connectivity index (χ1n) is 11.6. The first kappa shape index (κ1) is 20.6. The topological polar surface area (TPSA) is 72.3 Å². The van der Waals surface area contributed by atoms with Crippen molar-refractivity contribution in [2.75, 3.05) is 18.5 Å². The lowest BCUT2D eigenvalue weighted by Crippen LogP contribution is -2.46. The van der Waals surface area contributed by atoms with E-state index in [1.807, 2.05) is 88.7 Å². The van der Waals surface area contributed by atoms with Crippen molar-refractivity contribution in [3.63, 3.8) is 0 Å². The zero-order valence-corrected chi connectivity index (χ0v) is 18.7. The van der Waals surface area contributed by atoms with Crippen LogP contribution in [-0.2, 0) is 4.74 Å². The standard InChI is InChI=1S/C27H25N5O2/c33-27-22-12-4-5-13-24(22)29-26(31(27)17-21-11-7-15-34-21)23-18-32(20-9-2-1-3-10-20)30-25(23)19-8-6-14-28-16-19/h1-6,8-10,12-14,16,18,21,26,29H,7,11,15,17H2. The van der Waals surface area contributed by atoms with E-state index in [1.54, 1.807) is 6.20 Å². The molecule has 0 saturated carbocycles. The molecule has 1 fully saturated rings. The Morgan fingerprint density at radius 1 is 1.03 bits per heavy atom. The summed E-state index contributed by atoms with van der Waals surface area (Å²) in [4.78, 5) is 19.9. The molecule has 2 aromatic carbocycles. The second-order valence-corrected chi connectivity index (χ2v) is 8.64. The third-order valence-electron chi connectivity index (χ3n) is 6.44. The normalized spacial score (nSPS) is 19.6. The van der Waals surface area contributed by atoms with Gasteiger partial charge in [-0.05, 0) is 49.2 Å². The number of para-hydroxylation sites is 2. The molecule has 2 atom stereocenters. The Bertz CT molecular complexity index is 1300. The summed E-state index contributed by atoms with van der Waals surface area (Å²) < 4.78 is 7.78. The maximum absolute atomic E-state index is 13.7. The summed E-state index contributed by atoms with van der Waals surface area (Å²) in [6.07, 6.45) is 7.19. The van der Waals surface area contributed by atoms with Crippen molar-refractivity contribution in [3.05, 3.63) is 96.4 Å². The van der Waals surface area contributed by atoms with Crippen LogP contribution in [0, 0.1) is 0 Å². The average Bonchev–Trinajstić information content (AvgIpc) is 3.57. The number of anilines is 1. The highest BCUT2D eigenvalue weighted by atomic mass is 16.5. The summed E-state index contributed by atoms with van der Waals surface area (Å²) in [6.45, 7) is 1.27. The molecular weight excluding hydrogens is 426 g/mol. The van der Waals surface area contributed by atoms with Crippen LogP contribution in [0.25, 0.3) is 16.9 Å². The minimum atomic E-state index is -0.390. The summed E-state index contributed by atoms with van der Waals surface area (Å²) in [6, 6.07) is 21.6. The largest absolute Gasteiger partial charge is 0.376 e. The molecule has 7 nitrogen and oxygen atoms in total. The molecule has 1 amide bonds. The predicted octanol–water partition coefficient (Wildman–Crippen LogP) is 4.68. The number of pyridine rings is 1. The fourth-order valence-corrected chi connectivity index (χ4v) is 4.76. The van der Waals surface area contributed by atoms with Crippen LogP contribution < -0.4 is 5.32 Å². The van der Waals surface area contributed by atoms with Gasteiger partial charge in [-0.15, -0.1) is 0 Å². The minimum absolute atomic E-state index is 0.000511. The molecule has 4 heterocycles. The van der Waals surface area contributed by atoms with Crippen molar-refractivity contribution in [2.24, 2.45) is 0 Å². The smallest absolute Gasteiger partial charge is 0.257 e. The maximum atomic E-state index is 13.7. The van der Waals surface area contributed by atoms with Gasteiger partial charge in [0.25, 0.3) is 5.91 Å². The monoisotopic (exact) mass is 451 g/mol. The third-order valence-corrected chi connectivity index (χ3v) is 6.44. The van der Waals surface area contributed by atoms with Crippen molar-refractivity contribution in [2.45, 2.75) is 25.1 Å². The first-order chi connectivity index (χ1) is 16.8. The van der Waals surface area contributed by atoms with E-state index in [0.29, 0.717) is 12.1 Å². The molecule has 6 rings (SSSR count). The molecule has 170 valence electrons. The first-order valence-corrected chi connectivity index (χ1v) is 11.6. The van der Waals surface area contributed by atoms with Crippen molar-refractivity contribution in [1.82, 2.24) is 19.7 Å². The SMILES string of the molecule is O=C1c2ccccc2NC(c2cn(-c3ccccc3)nc2-c2cccnc2)N1CC1CCCO1. The summed E-state index contributed by atoms with van der Waals surface area (Å²) in [7, 11) is 0. The van der Waals surface area contributed by atoms with Gasteiger partial charge >= 0.3 is 0 Å². The Morgan fingerprint density at radius 3 is 2.68 bits per heavy atom. The number of aromatic nitrogens is 3. The number of amides is 1. The number of nitrogens with one attached hydrogen (secondary N) is 1. The second kappa shape index (κ2) is 8.76. The lowest BCUT2D eigenvalue weighted by Gasteiger charge is -2.39. The Hall–Kier alpha value is -3.97. The van der Waals surface area contributed by atoms with Crippen molar-refractivity contribution in [1.29, 1.82) is 0 Å². The van der Waals surface area contributed by atoms with E-state index < -0.39 is 0 Å². The highest BCUT2D eigenvalue weighted by Gasteiger charge is 2.37. The molecule has 4 aromatic rings. The molecule has 2 unspecified atom stereocenters. The second-order valence-electron chi connectivity index (χ2n) is 8.64. The van der Waals surface area contributed by atoms with Crippen LogP contribution in [0.5, 0.6) is 0 Å². The Kier molecular flexibility index (Phi) is 5.31. The number of ether oxygens (including phenoxy) is 1. The van der Waals surface area contributed by atoms with Crippen molar-refractivity contribution < 1.29 is 9.53 Å². The zero-order chi connectivity index (χ0) is 22.9. The Balaban J connectivity index is 1.49. The summed E-state index contributed by atoms with van der Waals surface area (Å²) in [5.41, 5.74) is 5.06. The van der Waals surface area contributed by atoms with Crippen LogP contribution in [0.3, 0.4) is 0 Å². The van der Waals surface area contributed by atoms with E-state index in [4.69, 9.17) is 9.84 Å². The average molecular weight is 452 g/mol. The fraction of sp³-hybridized carbons (Fsp3) is 0.222. The van der Waals surface area contributed by atoms with E-state index in [9.17, 15) is 4.79 Å². The molecule has 2 aliphatic heterocycles. The van der Waals surface area contributed by atoms with Gasteiger partial charge in [0.1, 0.15) is 11.9 Å². The molecule has 34 heavy (non-hydrogen) atoms. The van der Waals surface area contributed by atoms with Crippen molar-refractivity contribution in [3.8, 4) is 16.9 Å². The Labute approximate surface area is 198 Å². The number of carbonyl (C=O) groups excluding carboxylic acids is 1. The van der Waals surface area contributed by atoms with Gasteiger partial charge in [-0.3, -0.25) is 9.78 Å². The van der Waals surface area contributed by atoms with Gasteiger partial charge in [0.15, 0.2) is 0 Å². The molecule has 0 spiro atoms.